The van der Waals surface area contributed by atoms with E-state index in [2.05, 4.69) is 15.9 Å². The molecule has 0 bridgehead atoms. The van der Waals surface area contributed by atoms with Crippen LogP contribution in [0.4, 0.5) is 4.79 Å². The molecule has 1 aliphatic rings. The highest BCUT2D eigenvalue weighted by molar-refractivity contribution is 9.11. The molecule has 1 rings (SSSR count). The molecule has 0 aliphatic carbocycles. The van der Waals surface area contributed by atoms with Crippen molar-refractivity contribution in [3.63, 3.8) is 0 Å². The van der Waals surface area contributed by atoms with Gasteiger partial charge < -0.3 is 9.64 Å². The number of carbonyl (C=O) groups excluding carboxylic acids is 1. The second kappa shape index (κ2) is 4.34. The van der Waals surface area contributed by atoms with Crippen molar-refractivity contribution in [2.45, 2.75) is 26.4 Å². The Bertz CT molecular complexity index is 239. The quantitative estimate of drug-likeness (QED) is 0.727. The topological polar surface area (TPSA) is 29.5 Å². The van der Waals surface area contributed by atoms with Crippen molar-refractivity contribution in [3.05, 3.63) is 11.1 Å². The normalized spacial score (nSPS) is 18.4. The Labute approximate surface area is 93.2 Å². The highest BCUT2D eigenvalue weighted by Crippen LogP contribution is 2.20. The first-order valence-electron chi connectivity index (χ1n) is 4.67. The minimum absolute atomic E-state index is 0.211. The fraction of sp³-hybridized carbons (Fsp3) is 0.700. The number of rotatable bonds is 1. The van der Waals surface area contributed by atoms with E-state index in [1.54, 1.807) is 4.90 Å². The van der Waals surface area contributed by atoms with Crippen molar-refractivity contribution in [1.82, 2.24) is 4.90 Å². The van der Waals surface area contributed by atoms with Gasteiger partial charge in [-0.1, -0.05) is 22.0 Å². The molecule has 1 aliphatic heterocycles. The van der Waals surface area contributed by atoms with Gasteiger partial charge in [0.1, 0.15) is 5.60 Å². The molecule has 0 aromatic rings. The van der Waals surface area contributed by atoms with Crippen LogP contribution < -0.4 is 0 Å². The Morgan fingerprint density at radius 2 is 2.07 bits per heavy atom. The minimum atomic E-state index is -0.395. The highest BCUT2D eigenvalue weighted by Gasteiger charge is 2.31. The maximum atomic E-state index is 11.5. The van der Waals surface area contributed by atoms with Crippen LogP contribution in [0.15, 0.2) is 11.1 Å². The van der Waals surface area contributed by atoms with Gasteiger partial charge in [0, 0.05) is 19.0 Å². The molecule has 0 spiro atoms. The van der Waals surface area contributed by atoms with Gasteiger partial charge in [-0.3, -0.25) is 0 Å². The number of carbonyl (C=O) groups is 1. The highest BCUT2D eigenvalue weighted by atomic mass is 79.9. The van der Waals surface area contributed by atoms with Gasteiger partial charge in [-0.2, -0.15) is 0 Å². The third-order valence-corrected chi connectivity index (χ3v) is 2.21. The van der Waals surface area contributed by atoms with Crippen molar-refractivity contribution in [3.8, 4) is 0 Å². The average Bonchev–Trinajstić information content (AvgIpc) is 1.91. The molecule has 1 amide bonds. The lowest BCUT2D eigenvalue weighted by Crippen LogP contribution is -2.50. The Balaban J connectivity index is 2.30. The van der Waals surface area contributed by atoms with E-state index < -0.39 is 5.60 Å². The van der Waals surface area contributed by atoms with Gasteiger partial charge in [-0.05, 0) is 25.8 Å². The summed E-state index contributed by atoms with van der Waals surface area (Å²) in [6.45, 7) is 7.15. The first kappa shape index (κ1) is 11.6. The number of halogens is 1. The van der Waals surface area contributed by atoms with Crippen molar-refractivity contribution in [1.29, 1.82) is 0 Å². The lowest BCUT2D eigenvalue weighted by molar-refractivity contribution is 0.00495. The first-order chi connectivity index (χ1) is 6.42. The van der Waals surface area contributed by atoms with Gasteiger partial charge in [-0.15, -0.1) is 0 Å². The summed E-state index contributed by atoms with van der Waals surface area (Å²) >= 11 is 3.22. The van der Waals surface area contributed by atoms with Gasteiger partial charge >= 0.3 is 6.09 Å². The second-order valence-corrected chi connectivity index (χ2v) is 4.99. The maximum absolute atomic E-state index is 11.5. The molecule has 0 unspecified atom stereocenters. The van der Waals surface area contributed by atoms with Crippen LogP contribution in [0, 0.1) is 5.92 Å². The molecule has 80 valence electrons. The molecule has 0 aromatic heterocycles. The van der Waals surface area contributed by atoms with Gasteiger partial charge in [0.15, 0.2) is 0 Å². The summed E-state index contributed by atoms with van der Waals surface area (Å²) in [4.78, 5) is 15.0. The zero-order valence-corrected chi connectivity index (χ0v) is 10.4. The average molecular weight is 262 g/mol. The van der Waals surface area contributed by atoms with Gasteiger partial charge in [0.25, 0.3) is 0 Å². The van der Waals surface area contributed by atoms with Crippen LogP contribution in [0.2, 0.25) is 0 Å². The van der Waals surface area contributed by atoms with Crippen LogP contribution in [0.5, 0.6) is 0 Å². The SMILES string of the molecule is CC(C)(C)OC(=O)N1CC(/C=C/Br)C1. The number of ether oxygens (including phenoxy) is 1. The van der Waals surface area contributed by atoms with E-state index in [9.17, 15) is 4.79 Å². The molecule has 1 saturated heterocycles. The predicted octanol–water partition coefficient (Wildman–Crippen LogP) is 2.76. The minimum Gasteiger partial charge on any atom is -0.444 e. The molecular weight excluding hydrogens is 246 g/mol. The Kier molecular flexibility index (Phi) is 3.59. The molecule has 1 fully saturated rings. The van der Waals surface area contributed by atoms with Crippen LogP contribution in [0.3, 0.4) is 0 Å². The van der Waals surface area contributed by atoms with Crippen LogP contribution in [-0.2, 0) is 4.74 Å². The summed E-state index contributed by atoms with van der Waals surface area (Å²) in [6, 6.07) is 0. The van der Waals surface area contributed by atoms with E-state index in [4.69, 9.17) is 4.74 Å². The standard InChI is InChI=1S/C10H16BrNO2/c1-10(2,3)14-9(13)12-6-8(7-12)4-5-11/h4-5,8H,6-7H2,1-3H3/b5-4+. The Morgan fingerprint density at radius 3 is 2.50 bits per heavy atom. The Hall–Kier alpha value is -0.510. The van der Waals surface area contributed by atoms with Crippen LogP contribution in [0.25, 0.3) is 0 Å². The largest absolute Gasteiger partial charge is 0.444 e. The number of hydrogen-bond donors (Lipinski definition) is 0. The number of hydrogen-bond acceptors (Lipinski definition) is 2. The monoisotopic (exact) mass is 261 g/mol. The zero-order chi connectivity index (χ0) is 10.8. The summed E-state index contributed by atoms with van der Waals surface area (Å²) in [5, 5.41) is 0. The summed E-state index contributed by atoms with van der Waals surface area (Å²) in [5.74, 6) is 0.474. The van der Waals surface area contributed by atoms with Gasteiger partial charge in [-0.25, -0.2) is 4.79 Å². The number of likely N-dealkylation sites (tertiary alicyclic amines) is 1. The van der Waals surface area contributed by atoms with Crippen molar-refractivity contribution in [2.75, 3.05) is 13.1 Å². The van der Waals surface area contributed by atoms with E-state index in [1.165, 1.54) is 0 Å². The lowest BCUT2D eigenvalue weighted by atomic mass is 10.0. The van der Waals surface area contributed by atoms with E-state index in [-0.39, 0.29) is 6.09 Å². The smallest absolute Gasteiger partial charge is 0.410 e. The number of nitrogens with zero attached hydrogens (tertiary/aromatic N) is 1. The summed E-state index contributed by atoms with van der Waals surface area (Å²) in [7, 11) is 0. The molecule has 4 heteroatoms. The molecule has 14 heavy (non-hydrogen) atoms. The van der Waals surface area contributed by atoms with Gasteiger partial charge in [0.05, 0.1) is 0 Å². The fourth-order valence-electron chi connectivity index (χ4n) is 1.21. The Morgan fingerprint density at radius 1 is 1.50 bits per heavy atom. The zero-order valence-electron chi connectivity index (χ0n) is 8.79. The first-order valence-corrected chi connectivity index (χ1v) is 5.59. The summed E-state index contributed by atoms with van der Waals surface area (Å²) < 4.78 is 5.22. The van der Waals surface area contributed by atoms with E-state index in [0.717, 1.165) is 13.1 Å². The molecule has 0 saturated carbocycles. The third kappa shape index (κ3) is 3.33. The molecular formula is C10H16BrNO2. The van der Waals surface area contributed by atoms with E-state index in [1.807, 2.05) is 31.8 Å². The van der Waals surface area contributed by atoms with E-state index >= 15 is 0 Å². The molecule has 0 atom stereocenters. The predicted molar refractivity (Wildman–Crippen MR) is 59.4 cm³/mol. The summed E-state index contributed by atoms with van der Waals surface area (Å²) in [6.07, 6.45) is 1.83. The molecule has 3 nitrogen and oxygen atoms in total. The van der Waals surface area contributed by atoms with Crippen LogP contribution >= 0.6 is 15.9 Å². The third-order valence-electron chi connectivity index (χ3n) is 1.91. The van der Waals surface area contributed by atoms with Crippen molar-refractivity contribution >= 4 is 22.0 Å². The van der Waals surface area contributed by atoms with E-state index in [0.29, 0.717) is 5.92 Å². The number of amides is 1. The molecule has 0 N–H and O–H groups in total. The molecule has 0 aromatic carbocycles. The van der Waals surface area contributed by atoms with Crippen molar-refractivity contribution in [2.24, 2.45) is 5.92 Å². The van der Waals surface area contributed by atoms with Crippen LogP contribution in [-0.4, -0.2) is 29.7 Å². The fourth-order valence-corrected chi connectivity index (χ4v) is 1.64. The maximum Gasteiger partial charge on any atom is 0.410 e. The summed E-state index contributed by atoms with van der Waals surface area (Å²) in [5.41, 5.74) is -0.395. The molecule has 1 heterocycles. The van der Waals surface area contributed by atoms with Gasteiger partial charge in [0.2, 0.25) is 0 Å². The lowest BCUT2D eigenvalue weighted by Gasteiger charge is -2.38. The van der Waals surface area contributed by atoms with Crippen LogP contribution in [0.1, 0.15) is 20.8 Å². The molecule has 0 radical (unpaired) electrons. The second-order valence-electron chi connectivity index (χ2n) is 4.46. The van der Waals surface area contributed by atoms with Crippen molar-refractivity contribution < 1.29 is 9.53 Å².